The van der Waals surface area contributed by atoms with Crippen LogP contribution in [0.5, 0.6) is 0 Å². The van der Waals surface area contributed by atoms with Crippen molar-refractivity contribution >= 4 is 11.9 Å². The van der Waals surface area contributed by atoms with Gasteiger partial charge in [-0.05, 0) is 40.7 Å². The summed E-state index contributed by atoms with van der Waals surface area (Å²) >= 11 is 0. The van der Waals surface area contributed by atoms with Crippen LogP contribution >= 0.6 is 0 Å². The summed E-state index contributed by atoms with van der Waals surface area (Å²) in [6, 6.07) is 23.6. The first-order valence-electron chi connectivity index (χ1n) is 12.0. The van der Waals surface area contributed by atoms with E-state index < -0.39 is 11.7 Å². The molecule has 7 nitrogen and oxygen atoms in total. The average Bonchev–Trinajstić information content (AvgIpc) is 3.19. The first-order valence-corrected chi connectivity index (χ1v) is 12.0. The zero-order valence-electron chi connectivity index (χ0n) is 20.4. The van der Waals surface area contributed by atoms with E-state index in [1.165, 1.54) is 0 Å². The molecule has 7 heteroatoms. The van der Waals surface area contributed by atoms with Gasteiger partial charge in [-0.15, -0.1) is 9.78 Å². The maximum atomic E-state index is 13.3. The molecule has 0 radical (unpaired) electrons. The summed E-state index contributed by atoms with van der Waals surface area (Å²) in [5, 5.41) is 13.9. The Morgan fingerprint density at radius 2 is 1.56 bits per heavy atom. The van der Waals surface area contributed by atoms with E-state index in [1.54, 1.807) is 28.8 Å². The number of carbonyl (C=O) groups excluding carboxylic acids is 1. The summed E-state index contributed by atoms with van der Waals surface area (Å²) in [7, 11) is 0. The van der Waals surface area contributed by atoms with Crippen LogP contribution in [0.2, 0.25) is 0 Å². The minimum absolute atomic E-state index is 0.0963. The molecular weight excluding hydrogens is 454 g/mol. The number of hydrogen-bond donors (Lipinski definition) is 1. The van der Waals surface area contributed by atoms with Crippen LogP contribution < -0.4 is 5.69 Å². The van der Waals surface area contributed by atoms with Gasteiger partial charge in [0.2, 0.25) is 0 Å². The van der Waals surface area contributed by atoms with Gasteiger partial charge in [-0.3, -0.25) is 9.36 Å². The number of nitrogens with zero attached hydrogens (tertiary/aromatic N) is 3. The second kappa shape index (κ2) is 11.0. The second-order valence-electron chi connectivity index (χ2n) is 9.23. The molecule has 0 fully saturated rings. The standard InChI is InChI=1S/C29H29N3O4/c1-20(2)12-17-26-30-32(27(33)18-21-8-4-3-5-9-21)29(36)31(26)19-22-13-15-23(16-14-22)24-10-6-7-11-25(24)28(34)35/h3-11,13-16,20H,12,17-19H2,1-2H3,(H,34,35). The molecule has 0 aliphatic heterocycles. The molecule has 0 saturated heterocycles. The third kappa shape index (κ3) is 5.68. The highest BCUT2D eigenvalue weighted by molar-refractivity contribution is 5.96. The van der Waals surface area contributed by atoms with Crippen molar-refractivity contribution < 1.29 is 14.7 Å². The SMILES string of the molecule is CC(C)CCc1nn(C(=O)Cc2ccccc2)c(=O)n1Cc1ccc(-c2ccccc2C(=O)O)cc1. The van der Waals surface area contributed by atoms with Crippen molar-refractivity contribution in [3.63, 3.8) is 0 Å². The van der Waals surface area contributed by atoms with Crippen molar-refractivity contribution in [1.82, 2.24) is 14.3 Å². The predicted molar refractivity (Wildman–Crippen MR) is 138 cm³/mol. The summed E-state index contributed by atoms with van der Waals surface area (Å²) in [6.07, 6.45) is 1.52. The molecule has 1 heterocycles. The molecule has 4 rings (SSSR count). The Morgan fingerprint density at radius 3 is 2.22 bits per heavy atom. The predicted octanol–water partition coefficient (Wildman–Crippen LogP) is 4.93. The van der Waals surface area contributed by atoms with Gasteiger partial charge in [-0.25, -0.2) is 9.59 Å². The number of benzene rings is 3. The van der Waals surface area contributed by atoms with E-state index in [-0.39, 0.29) is 24.4 Å². The van der Waals surface area contributed by atoms with E-state index in [9.17, 15) is 19.5 Å². The van der Waals surface area contributed by atoms with Crippen molar-refractivity contribution in [2.24, 2.45) is 5.92 Å². The zero-order valence-corrected chi connectivity index (χ0v) is 20.4. The number of carboxylic acid groups (broad SMARTS) is 1. The fourth-order valence-electron chi connectivity index (χ4n) is 4.10. The lowest BCUT2D eigenvalue weighted by atomic mass is 9.99. The number of hydrogen-bond acceptors (Lipinski definition) is 4. The van der Waals surface area contributed by atoms with E-state index in [0.29, 0.717) is 23.7 Å². The molecule has 36 heavy (non-hydrogen) atoms. The number of aromatic carboxylic acids is 1. The molecule has 0 spiro atoms. The molecule has 4 aromatic rings. The fourth-order valence-corrected chi connectivity index (χ4v) is 4.10. The zero-order chi connectivity index (χ0) is 25.7. The number of carbonyl (C=O) groups is 2. The minimum Gasteiger partial charge on any atom is -0.478 e. The molecule has 1 N–H and O–H groups in total. The van der Waals surface area contributed by atoms with Gasteiger partial charge in [0.05, 0.1) is 18.5 Å². The van der Waals surface area contributed by atoms with Gasteiger partial charge in [0.15, 0.2) is 0 Å². The Kier molecular flexibility index (Phi) is 7.59. The van der Waals surface area contributed by atoms with Crippen molar-refractivity contribution in [1.29, 1.82) is 0 Å². The monoisotopic (exact) mass is 483 g/mol. The van der Waals surface area contributed by atoms with E-state index in [4.69, 9.17) is 0 Å². The quantitative estimate of drug-likeness (QED) is 0.364. The first-order chi connectivity index (χ1) is 17.3. The third-order valence-corrected chi connectivity index (χ3v) is 6.08. The Hall–Kier alpha value is -4.26. The molecule has 3 aromatic carbocycles. The average molecular weight is 484 g/mol. The van der Waals surface area contributed by atoms with Gasteiger partial charge in [0.1, 0.15) is 5.82 Å². The number of rotatable bonds is 9. The fraction of sp³-hybridized carbons (Fsp3) is 0.241. The van der Waals surface area contributed by atoms with Crippen LogP contribution in [0.3, 0.4) is 0 Å². The summed E-state index contributed by atoms with van der Waals surface area (Å²) in [5.74, 6) is -0.345. The molecule has 0 unspecified atom stereocenters. The Labute approximate surface area is 209 Å². The van der Waals surface area contributed by atoms with Crippen LogP contribution in [0.1, 0.15) is 52.4 Å². The molecule has 0 amide bonds. The van der Waals surface area contributed by atoms with Gasteiger partial charge < -0.3 is 5.11 Å². The largest absolute Gasteiger partial charge is 0.478 e. The van der Waals surface area contributed by atoms with Crippen molar-refractivity contribution in [3.8, 4) is 11.1 Å². The summed E-state index contributed by atoms with van der Waals surface area (Å²) in [5.41, 5.74) is 2.87. The number of aromatic nitrogens is 3. The van der Waals surface area contributed by atoms with E-state index in [1.807, 2.05) is 54.6 Å². The van der Waals surface area contributed by atoms with Crippen molar-refractivity contribution in [3.05, 3.63) is 112 Å². The minimum atomic E-state index is -0.983. The Bertz CT molecular complexity index is 1420. The Balaban J connectivity index is 1.62. The van der Waals surface area contributed by atoms with Crippen molar-refractivity contribution in [2.45, 2.75) is 39.7 Å². The van der Waals surface area contributed by atoms with Gasteiger partial charge >= 0.3 is 11.7 Å². The normalized spacial score (nSPS) is 11.1. The topological polar surface area (TPSA) is 94.2 Å². The van der Waals surface area contributed by atoms with Gasteiger partial charge in [0, 0.05) is 6.42 Å². The lowest BCUT2D eigenvalue weighted by molar-refractivity contribution is 0.0697. The summed E-state index contributed by atoms with van der Waals surface area (Å²) in [4.78, 5) is 37.8. The van der Waals surface area contributed by atoms with Gasteiger partial charge in [-0.1, -0.05) is 86.6 Å². The van der Waals surface area contributed by atoms with Gasteiger partial charge in [0.25, 0.3) is 5.91 Å². The highest BCUT2D eigenvalue weighted by atomic mass is 16.4. The Morgan fingerprint density at radius 1 is 0.889 bits per heavy atom. The van der Waals surface area contributed by atoms with E-state index >= 15 is 0 Å². The third-order valence-electron chi connectivity index (χ3n) is 6.08. The molecule has 0 saturated carbocycles. The van der Waals surface area contributed by atoms with Crippen LogP contribution in [0.4, 0.5) is 0 Å². The maximum absolute atomic E-state index is 13.3. The van der Waals surface area contributed by atoms with Crippen molar-refractivity contribution in [2.75, 3.05) is 0 Å². The molecule has 0 atom stereocenters. The van der Waals surface area contributed by atoms with Gasteiger partial charge in [-0.2, -0.15) is 0 Å². The van der Waals surface area contributed by atoms with Crippen LogP contribution in [0.25, 0.3) is 11.1 Å². The van der Waals surface area contributed by atoms with E-state index in [0.717, 1.165) is 27.8 Å². The highest BCUT2D eigenvalue weighted by Gasteiger charge is 2.19. The lowest BCUT2D eigenvalue weighted by Gasteiger charge is -2.09. The molecule has 0 aliphatic rings. The van der Waals surface area contributed by atoms with Crippen LogP contribution in [0, 0.1) is 5.92 Å². The van der Waals surface area contributed by atoms with Crippen LogP contribution in [-0.2, 0) is 19.4 Å². The second-order valence-corrected chi connectivity index (χ2v) is 9.23. The molecule has 1 aromatic heterocycles. The smallest absolute Gasteiger partial charge is 0.353 e. The van der Waals surface area contributed by atoms with Crippen LogP contribution in [-0.4, -0.2) is 31.3 Å². The summed E-state index contributed by atoms with van der Waals surface area (Å²) < 4.78 is 2.55. The highest BCUT2D eigenvalue weighted by Crippen LogP contribution is 2.24. The molecule has 184 valence electrons. The lowest BCUT2D eigenvalue weighted by Crippen LogP contribution is -2.31. The molecule has 0 bridgehead atoms. The van der Waals surface area contributed by atoms with E-state index in [2.05, 4.69) is 18.9 Å². The number of aryl methyl sites for hydroxylation is 1. The van der Waals surface area contributed by atoms with Crippen LogP contribution in [0.15, 0.2) is 83.7 Å². The summed E-state index contributed by atoms with van der Waals surface area (Å²) in [6.45, 7) is 4.48. The maximum Gasteiger partial charge on any atom is 0.353 e. The molecule has 0 aliphatic carbocycles. The first kappa shape index (κ1) is 24.9. The number of carboxylic acids is 1. The molecular formula is C29H29N3O4.